The summed E-state index contributed by atoms with van der Waals surface area (Å²) in [5.41, 5.74) is -1.98. The summed E-state index contributed by atoms with van der Waals surface area (Å²) < 4.78 is 29.5. The highest BCUT2D eigenvalue weighted by molar-refractivity contribution is 6.37. The lowest BCUT2D eigenvalue weighted by Gasteiger charge is -2.13. The van der Waals surface area contributed by atoms with E-state index in [1.807, 2.05) is 4.98 Å². The van der Waals surface area contributed by atoms with E-state index in [9.17, 15) is 14.4 Å². The first-order valence-corrected chi connectivity index (χ1v) is 9.16. The van der Waals surface area contributed by atoms with Crippen LogP contribution < -0.4 is 21.5 Å². The molecule has 30 heavy (non-hydrogen) atoms. The van der Waals surface area contributed by atoms with Crippen LogP contribution in [0.1, 0.15) is 34.4 Å². The lowest BCUT2D eigenvalue weighted by atomic mass is 10.1. The Balaban J connectivity index is 1.77. The van der Waals surface area contributed by atoms with Gasteiger partial charge in [-0.15, -0.1) is 9.78 Å². The number of hydrogen-bond acceptors (Lipinski definition) is 6. The van der Waals surface area contributed by atoms with Crippen LogP contribution in [0.4, 0.5) is 5.82 Å². The number of halogens is 2. The Kier molecular flexibility index (Phi) is 4.06. The van der Waals surface area contributed by atoms with Gasteiger partial charge >= 0.3 is 11.5 Å². The van der Waals surface area contributed by atoms with E-state index >= 15 is 0 Å². The Morgan fingerprint density at radius 1 is 1.30 bits per heavy atom. The van der Waals surface area contributed by atoms with Gasteiger partial charge in [-0.25, -0.2) is 9.89 Å². The summed E-state index contributed by atoms with van der Waals surface area (Å²) in [4.78, 5) is 40.8. The molecule has 3 aromatic rings. The summed E-state index contributed by atoms with van der Waals surface area (Å²) in [6.07, 6.45) is 0.482. The van der Waals surface area contributed by atoms with Gasteiger partial charge in [0.25, 0.3) is 11.1 Å². The number of nitrogens with one attached hydrogen (secondary N) is 2. The first-order chi connectivity index (χ1) is 15.5. The van der Waals surface area contributed by atoms with E-state index in [1.165, 1.54) is 12.1 Å². The second-order valence-electron chi connectivity index (χ2n) is 6.29. The molecule has 12 heteroatoms. The lowest BCUT2D eigenvalue weighted by Crippen LogP contribution is -2.30. The minimum absolute atomic E-state index is 0.0469. The maximum Gasteiger partial charge on any atom is 0.365 e. The predicted molar refractivity (Wildman–Crippen MR) is 108 cm³/mol. The van der Waals surface area contributed by atoms with E-state index < -0.39 is 35.4 Å². The fraction of sp³-hybridized carbons (Fsp3) is 0.222. The average molecular weight is 450 g/mol. The Hall–Kier alpha value is -3.42. The molecule has 0 unspecified atom stereocenters. The number of H-pyrrole nitrogens is 2. The smallest absolute Gasteiger partial charge is 0.365 e. The number of nitrogens with zero attached hydrogens (tertiary/aromatic N) is 4. The van der Waals surface area contributed by atoms with Crippen LogP contribution in [-0.4, -0.2) is 25.0 Å². The van der Waals surface area contributed by atoms with E-state index in [2.05, 4.69) is 20.1 Å². The minimum atomic E-state index is -2.37. The zero-order valence-electron chi connectivity index (χ0n) is 17.8. The van der Waals surface area contributed by atoms with E-state index in [-0.39, 0.29) is 45.8 Å². The van der Waals surface area contributed by atoms with Gasteiger partial charge in [0.2, 0.25) is 5.88 Å². The molecule has 1 aliphatic carbocycles. The van der Waals surface area contributed by atoms with Gasteiger partial charge < -0.3 is 9.58 Å². The van der Waals surface area contributed by atoms with E-state index in [0.717, 1.165) is 4.68 Å². The Bertz CT molecular complexity index is 1480. The molecule has 0 radical (unpaired) electrons. The van der Waals surface area contributed by atoms with Gasteiger partial charge in [0.05, 0.1) is 15.7 Å². The van der Waals surface area contributed by atoms with Gasteiger partial charge in [-0.1, -0.05) is 36.6 Å². The zero-order chi connectivity index (χ0) is 24.1. The molecule has 4 rings (SSSR count). The first kappa shape index (κ1) is 16.4. The summed E-state index contributed by atoms with van der Waals surface area (Å²) in [6.45, 7) is 4.61. The molecule has 0 spiro atoms. The number of rotatable bonds is 3. The molecule has 0 bridgehead atoms. The van der Waals surface area contributed by atoms with Crippen molar-refractivity contribution in [1.29, 1.82) is 0 Å². The van der Waals surface area contributed by atoms with Crippen molar-refractivity contribution in [3.05, 3.63) is 75.9 Å². The van der Waals surface area contributed by atoms with Crippen molar-refractivity contribution in [1.82, 2.24) is 25.0 Å². The molecule has 1 atom stereocenters. The zero-order valence-corrected chi connectivity index (χ0v) is 16.3. The quantitative estimate of drug-likeness (QED) is 0.591. The molecule has 0 saturated carbocycles. The molecular weight excluding hydrogens is 435 g/mol. The standard InChI is InChI=1S/C18H12Cl2N6O4/c1-7-3-4-9-12(7)15(27)23-24-17(9)30-13-10(19)5-8(6-11(13)20)26-18(29)22-16(28)14(21-2)25-26/h5-7H,3-4H2,1H3,(H,23,27)(H,22,28,29)/t7-/m1/s1/i1D3. The van der Waals surface area contributed by atoms with E-state index in [4.69, 9.17) is 38.6 Å². The molecule has 0 amide bonds. The van der Waals surface area contributed by atoms with Crippen LogP contribution in [0.5, 0.6) is 11.6 Å². The molecule has 0 saturated heterocycles. The topological polar surface area (TPSA) is 127 Å². The van der Waals surface area contributed by atoms with E-state index in [1.54, 1.807) is 0 Å². The summed E-state index contributed by atoms with van der Waals surface area (Å²) in [7, 11) is 0. The van der Waals surface area contributed by atoms with Crippen molar-refractivity contribution < 1.29 is 8.85 Å². The largest absolute Gasteiger partial charge is 0.434 e. The van der Waals surface area contributed by atoms with Crippen molar-refractivity contribution in [2.45, 2.75) is 25.6 Å². The van der Waals surface area contributed by atoms with Crippen LogP contribution in [0.25, 0.3) is 10.5 Å². The molecule has 1 aromatic carbocycles. The fourth-order valence-electron chi connectivity index (χ4n) is 3.11. The molecule has 2 aromatic heterocycles. The lowest BCUT2D eigenvalue weighted by molar-refractivity contribution is 0.448. The molecule has 2 N–H and O–H groups in total. The number of hydrogen-bond donors (Lipinski definition) is 2. The summed E-state index contributed by atoms with van der Waals surface area (Å²) in [5.74, 6) is -1.63. The van der Waals surface area contributed by atoms with Crippen molar-refractivity contribution in [2.24, 2.45) is 0 Å². The van der Waals surface area contributed by atoms with Gasteiger partial charge in [0, 0.05) is 15.2 Å². The average Bonchev–Trinajstić information content (AvgIpc) is 3.19. The maximum absolute atomic E-state index is 12.3. The Morgan fingerprint density at radius 3 is 2.70 bits per heavy atom. The highest BCUT2D eigenvalue weighted by Crippen LogP contribution is 2.41. The number of ether oxygens (including phenoxy) is 1. The first-order valence-electron chi connectivity index (χ1n) is 9.91. The molecule has 152 valence electrons. The number of fused-ring (bicyclic) bond motifs is 1. The third-order valence-corrected chi connectivity index (χ3v) is 5.02. The molecular formula is C18H12Cl2N6O4. The number of aromatic nitrogens is 5. The van der Waals surface area contributed by atoms with Crippen molar-refractivity contribution >= 4 is 29.0 Å². The van der Waals surface area contributed by atoms with Crippen LogP contribution in [0.2, 0.25) is 10.0 Å². The van der Waals surface area contributed by atoms with Gasteiger partial charge in [-0.2, -0.15) is 0 Å². The van der Waals surface area contributed by atoms with Gasteiger partial charge in [-0.3, -0.25) is 14.6 Å². The molecule has 0 fully saturated rings. The predicted octanol–water partition coefficient (Wildman–Crippen LogP) is 2.70. The summed E-state index contributed by atoms with van der Waals surface area (Å²) >= 11 is 12.6. The van der Waals surface area contributed by atoms with Gasteiger partial charge in [-0.05, 0) is 36.0 Å². The van der Waals surface area contributed by atoms with Crippen molar-refractivity contribution in [2.75, 3.05) is 0 Å². The van der Waals surface area contributed by atoms with Crippen molar-refractivity contribution in [3.8, 4) is 17.3 Å². The Morgan fingerprint density at radius 2 is 2.03 bits per heavy atom. The monoisotopic (exact) mass is 449 g/mol. The molecule has 1 aliphatic rings. The molecule has 2 heterocycles. The number of aromatic amines is 2. The SMILES string of the molecule is [2H]C([2H])([2H])[C@@H]1CCc2c(Oc3c(Cl)cc(-n4nc([N+]#[C-])c(=O)[nH]c4=O)cc3Cl)n[nH]c(=O)c21. The number of benzene rings is 1. The van der Waals surface area contributed by atoms with Crippen LogP contribution in [0, 0.1) is 6.57 Å². The second kappa shape index (κ2) is 7.44. The van der Waals surface area contributed by atoms with Crippen LogP contribution in [-0.2, 0) is 6.42 Å². The third kappa shape index (κ3) is 3.28. The fourth-order valence-corrected chi connectivity index (χ4v) is 3.66. The highest BCUT2D eigenvalue weighted by Gasteiger charge is 2.27. The van der Waals surface area contributed by atoms with Crippen LogP contribution in [0.15, 0.2) is 26.5 Å². The second-order valence-corrected chi connectivity index (χ2v) is 7.10. The van der Waals surface area contributed by atoms with Gasteiger partial charge in [0.15, 0.2) is 5.75 Å². The third-order valence-electron chi connectivity index (χ3n) is 4.46. The minimum Gasteiger partial charge on any atom is -0.434 e. The van der Waals surface area contributed by atoms with E-state index in [0.29, 0.717) is 5.56 Å². The maximum atomic E-state index is 12.3. The molecule has 0 aliphatic heterocycles. The molecule has 10 nitrogen and oxygen atoms in total. The van der Waals surface area contributed by atoms with Crippen LogP contribution in [0.3, 0.4) is 0 Å². The van der Waals surface area contributed by atoms with Crippen molar-refractivity contribution in [3.63, 3.8) is 0 Å². The van der Waals surface area contributed by atoms with Crippen LogP contribution >= 0.6 is 23.2 Å². The normalized spacial score (nSPS) is 16.8. The summed E-state index contributed by atoms with van der Waals surface area (Å²) in [6, 6.07) is 2.53. The van der Waals surface area contributed by atoms with Gasteiger partial charge in [0.1, 0.15) is 0 Å². The Labute approximate surface area is 182 Å². The highest BCUT2D eigenvalue weighted by atomic mass is 35.5. The summed E-state index contributed by atoms with van der Waals surface area (Å²) in [5, 5.41) is 9.65.